The number of benzene rings is 1. The molecule has 4 nitrogen and oxygen atoms in total. The molecular weight excluding hydrogens is 282 g/mol. The van der Waals surface area contributed by atoms with Gasteiger partial charge in [0.2, 0.25) is 0 Å². The molecule has 1 N–H and O–H groups in total. The van der Waals surface area contributed by atoms with Gasteiger partial charge in [0.25, 0.3) is 0 Å². The largest absolute Gasteiger partial charge is 0.479 e. The molecule has 0 spiro atoms. The van der Waals surface area contributed by atoms with Crippen LogP contribution in [-0.2, 0) is 16.0 Å². The number of aliphatic carboxylic acids is 1. The second-order valence-electron chi connectivity index (χ2n) is 4.33. The highest BCUT2D eigenvalue weighted by Crippen LogP contribution is 2.33. The topological polar surface area (TPSA) is 57.6 Å². The Morgan fingerprint density at radius 1 is 1.30 bits per heavy atom. The second kappa shape index (κ2) is 4.77. The smallest absolute Gasteiger partial charge is 0.471 e. The second-order valence-corrected chi connectivity index (χ2v) is 4.33. The van der Waals surface area contributed by atoms with Gasteiger partial charge in [-0.25, -0.2) is 9.18 Å². The van der Waals surface area contributed by atoms with Crippen molar-refractivity contribution in [2.45, 2.75) is 18.6 Å². The number of carboxylic acid groups (broad SMARTS) is 1. The Morgan fingerprint density at radius 2 is 1.95 bits per heavy atom. The van der Waals surface area contributed by atoms with Crippen molar-refractivity contribution in [2.75, 3.05) is 6.54 Å². The number of nitrogens with zero attached hydrogens (tertiary/aromatic N) is 1. The van der Waals surface area contributed by atoms with Crippen molar-refractivity contribution in [3.63, 3.8) is 0 Å². The number of hydrogen-bond donors (Lipinski definition) is 1. The molecule has 1 aromatic rings. The van der Waals surface area contributed by atoms with Crippen LogP contribution in [0.25, 0.3) is 0 Å². The van der Waals surface area contributed by atoms with Gasteiger partial charge in [0, 0.05) is 6.54 Å². The third-order valence-corrected chi connectivity index (χ3v) is 3.07. The van der Waals surface area contributed by atoms with Crippen LogP contribution < -0.4 is 0 Å². The molecule has 0 radical (unpaired) electrons. The maximum absolute atomic E-state index is 13.1. The van der Waals surface area contributed by atoms with Crippen LogP contribution in [0.15, 0.2) is 18.2 Å². The minimum Gasteiger partial charge on any atom is -0.479 e. The lowest BCUT2D eigenvalue weighted by Gasteiger charge is -2.35. The molecule has 8 heteroatoms. The number of carbonyl (C=O) groups excluding carboxylic acids is 1. The van der Waals surface area contributed by atoms with Crippen molar-refractivity contribution in [1.82, 2.24) is 4.90 Å². The van der Waals surface area contributed by atoms with Gasteiger partial charge in [0.05, 0.1) is 0 Å². The van der Waals surface area contributed by atoms with E-state index in [1.54, 1.807) is 0 Å². The number of amides is 1. The predicted molar refractivity (Wildman–Crippen MR) is 58.2 cm³/mol. The van der Waals surface area contributed by atoms with Crippen LogP contribution in [0.5, 0.6) is 0 Å². The summed E-state index contributed by atoms with van der Waals surface area (Å²) in [5, 5.41) is 9.08. The van der Waals surface area contributed by atoms with Crippen LogP contribution >= 0.6 is 0 Å². The molecule has 1 heterocycles. The predicted octanol–water partition coefficient (Wildman–Crippen LogP) is 1.90. The van der Waals surface area contributed by atoms with E-state index in [-0.39, 0.29) is 16.9 Å². The van der Waals surface area contributed by atoms with Gasteiger partial charge >= 0.3 is 18.1 Å². The number of rotatable bonds is 1. The molecule has 0 saturated carbocycles. The zero-order chi connectivity index (χ0) is 15.1. The molecule has 20 heavy (non-hydrogen) atoms. The average molecular weight is 291 g/mol. The summed E-state index contributed by atoms with van der Waals surface area (Å²) in [7, 11) is 0. The molecule has 0 aliphatic carbocycles. The standard InChI is InChI=1S/C12H9F4NO3/c13-7-1-2-8-6(5-7)3-4-17(9(8)10(18)19)11(20)12(14,15)16/h1-2,5,9H,3-4H2,(H,18,19)/t9-/m0/s1. The van der Waals surface area contributed by atoms with E-state index in [4.69, 9.17) is 5.11 Å². The first-order valence-corrected chi connectivity index (χ1v) is 5.60. The minimum absolute atomic E-state index is 0.00255. The SMILES string of the molecule is O=C(O)[C@@H]1c2ccc(F)cc2CCN1C(=O)C(F)(F)F. The van der Waals surface area contributed by atoms with Gasteiger partial charge in [-0.2, -0.15) is 13.2 Å². The van der Waals surface area contributed by atoms with Gasteiger partial charge in [0.1, 0.15) is 5.82 Å². The lowest BCUT2D eigenvalue weighted by atomic mass is 9.92. The molecule has 0 unspecified atom stereocenters. The van der Waals surface area contributed by atoms with E-state index >= 15 is 0 Å². The molecule has 0 bridgehead atoms. The highest BCUT2D eigenvalue weighted by Gasteiger charge is 2.48. The van der Waals surface area contributed by atoms with Crippen LogP contribution in [0.2, 0.25) is 0 Å². The molecule has 108 valence electrons. The number of halogens is 4. The summed E-state index contributed by atoms with van der Waals surface area (Å²) in [4.78, 5) is 22.7. The molecular formula is C12H9F4NO3. The molecule has 0 fully saturated rings. The summed E-state index contributed by atoms with van der Waals surface area (Å²) in [6.07, 6.45) is -5.18. The van der Waals surface area contributed by atoms with Gasteiger partial charge in [-0.15, -0.1) is 0 Å². The van der Waals surface area contributed by atoms with E-state index in [1.165, 1.54) is 0 Å². The van der Waals surface area contributed by atoms with Crippen LogP contribution in [0.1, 0.15) is 17.2 Å². The Hall–Kier alpha value is -2.12. The first kappa shape index (κ1) is 14.3. The fourth-order valence-electron chi connectivity index (χ4n) is 2.24. The van der Waals surface area contributed by atoms with Crippen molar-refractivity contribution in [2.24, 2.45) is 0 Å². The quantitative estimate of drug-likeness (QED) is 0.804. The van der Waals surface area contributed by atoms with Crippen LogP contribution in [0.3, 0.4) is 0 Å². The van der Waals surface area contributed by atoms with Crippen molar-refractivity contribution in [3.05, 3.63) is 35.1 Å². The third-order valence-electron chi connectivity index (χ3n) is 3.07. The van der Waals surface area contributed by atoms with Gasteiger partial charge in [0.15, 0.2) is 6.04 Å². The molecule has 2 rings (SSSR count). The number of alkyl halides is 3. The first-order chi connectivity index (χ1) is 9.21. The van der Waals surface area contributed by atoms with Crippen molar-refractivity contribution >= 4 is 11.9 Å². The number of fused-ring (bicyclic) bond motifs is 1. The lowest BCUT2D eigenvalue weighted by molar-refractivity contribution is -0.190. The maximum atomic E-state index is 13.1. The van der Waals surface area contributed by atoms with Crippen LogP contribution in [0, 0.1) is 5.82 Å². The Morgan fingerprint density at radius 3 is 2.50 bits per heavy atom. The first-order valence-electron chi connectivity index (χ1n) is 5.60. The number of carbonyl (C=O) groups is 2. The van der Waals surface area contributed by atoms with Gasteiger partial charge in [-0.05, 0) is 29.7 Å². The Labute approximate surface area is 110 Å². The molecule has 0 saturated heterocycles. The summed E-state index contributed by atoms with van der Waals surface area (Å²) < 4.78 is 50.5. The van der Waals surface area contributed by atoms with E-state index in [2.05, 4.69) is 0 Å². The monoisotopic (exact) mass is 291 g/mol. The third kappa shape index (κ3) is 2.45. The zero-order valence-corrected chi connectivity index (χ0v) is 9.95. The highest BCUT2D eigenvalue weighted by molar-refractivity contribution is 5.88. The van der Waals surface area contributed by atoms with Crippen molar-refractivity contribution < 1.29 is 32.3 Å². The molecule has 1 aromatic carbocycles. The Bertz CT molecular complexity index is 570. The van der Waals surface area contributed by atoms with Gasteiger partial charge in [-0.3, -0.25) is 4.79 Å². The van der Waals surface area contributed by atoms with E-state index in [0.29, 0.717) is 5.56 Å². The van der Waals surface area contributed by atoms with E-state index in [9.17, 15) is 27.2 Å². The molecule has 1 atom stereocenters. The zero-order valence-electron chi connectivity index (χ0n) is 9.95. The summed E-state index contributed by atoms with van der Waals surface area (Å²) in [5.41, 5.74) is 0.298. The summed E-state index contributed by atoms with van der Waals surface area (Å²) in [6.45, 7) is -0.425. The highest BCUT2D eigenvalue weighted by atomic mass is 19.4. The molecule has 1 amide bonds. The molecule has 1 aliphatic rings. The van der Waals surface area contributed by atoms with E-state index in [1.807, 2.05) is 0 Å². The molecule has 0 aromatic heterocycles. The molecule has 1 aliphatic heterocycles. The normalized spacial score (nSPS) is 18.6. The average Bonchev–Trinajstić information content (AvgIpc) is 2.34. The van der Waals surface area contributed by atoms with E-state index < -0.39 is 36.5 Å². The van der Waals surface area contributed by atoms with Gasteiger partial charge < -0.3 is 10.0 Å². The summed E-state index contributed by atoms with van der Waals surface area (Å²) >= 11 is 0. The van der Waals surface area contributed by atoms with Crippen molar-refractivity contribution in [1.29, 1.82) is 0 Å². The van der Waals surface area contributed by atoms with Crippen LogP contribution in [-0.4, -0.2) is 34.6 Å². The number of carboxylic acids is 1. The van der Waals surface area contributed by atoms with Crippen molar-refractivity contribution in [3.8, 4) is 0 Å². The minimum atomic E-state index is -5.15. The Balaban J connectivity index is 2.46. The fraction of sp³-hybridized carbons (Fsp3) is 0.333. The summed E-state index contributed by atoms with van der Waals surface area (Å²) in [6, 6.07) is 1.37. The van der Waals surface area contributed by atoms with E-state index in [0.717, 1.165) is 18.2 Å². The Kier molecular flexibility index (Phi) is 3.41. The lowest BCUT2D eigenvalue weighted by Crippen LogP contribution is -2.48. The van der Waals surface area contributed by atoms with Gasteiger partial charge in [-0.1, -0.05) is 6.07 Å². The van der Waals surface area contributed by atoms with Crippen LogP contribution in [0.4, 0.5) is 17.6 Å². The number of hydrogen-bond acceptors (Lipinski definition) is 2. The maximum Gasteiger partial charge on any atom is 0.471 e. The summed E-state index contributed by atoms with van der Waals surface area (Å²) in [5.74, 6) is -4.40. The fourth-order valence-corrected chi connectivity index (χ4v) is 2.24.